The summed E-state index contributed by atoms with van der Waals surface area (Å²) in [6.07, 6.45) is 0.360. The molecule has 0 bridgehead atoms. The van der Waals surface area contributed by atoms with Crippen LogP contribution in [0.1, 0.15) is 29.3 Å². The number of benzene rings is 1. The minimum Gasteiger partial charge on any atom is -0.465 e. The minimum atomic E-state index is -0.425. The molecule has 1 aromatic rings. The van der Waals surface area contributed by atoms with Gasteiger partial charge in [-0.15, -0.1) is 0 Å². The highest BCUT2D eigenvalue weighted by atomic mass is 16.5. The molecule has 1 rings (SSSR count). The van der Waals surface area contributed by atoms with Crippen LogP contribution in [-0.2, 0) is 9.53 Å². The van der Waals surface area contributed by atoms with E-state index in [0.717, 1.165) is 5.56 Å². The van der Waals surface area contributed by atoms with E-state index in [1.165, 1.54) is 7.11 Å². The molecule has 0 saturated carbocycles. The first-order valence-electron chi connectivity index (χ1n) is 6.16. The van der Waals surface area contributed by atoms with Crippen LogP contribution in [0.25, 0.3) is 0 Å². The summed E-state index contributed by atoms with van der Waals surface area (Å²) in [5.74, 6) is -0.405. The number of anilines is 1. The molecule has 0 aromatic heterocycles. The average molecular weight is 264 g/mol. The van der Waals surface area contributed by atoms with Crippen molar-refractivity contribution >= 4 is 17.6 Å². The van der Waals surface area contributed by atoms with Crippen LogP contribution in [0.2, 0.25) is 0 Å². The third-order valence-electron chi connectivity index (χ3n) is 2.87. The molecular weight excluding hydrogens is 244 g/mol. The van der Waals surface area contributed by atoms with Crippen LogP contribution < -0.4 is 11.1 Å². The first kappa shape index (κ1) is 15.2. The van der Waals surface area contributed by atoms with Gasteiger partial charge in [0, 0.05) is 12.1 Å². The number of nitrogens with one attached hydrogen (secondary N) is 1. The van der Waals surface area contributed by atoms with E-state index in [1.807, 2.05) is 13.8 Å². The lowest BCUT2D eigenvalue weighted by Gasteiger charge is -2.12. The molecule has 0 radical (unpaired) electrons. The Morgan fingerprint density at radius 2 is 2.11 bits per heavy atom. The lowest BCUT2D eigenvalue weighted by Crippen LogP contribution is -2.20. The molecule has 1 unspecified atom stereocenters. The molecule has 1 amide bonds. The number of hydrogen-bond acceptors (Lipinski definition) is 4. The zero-order chi connectivity index (χ0) is 14.4. The van der Waals surface area contributed by atoms with Crippen molar-refractivity contribution < 1.29 is 14.3 Å². The Morgan fingerprint density at radius 3 is 2.68 bits per heavy atom. The van der Waals surface area contributed by atoms with Crippen molar-refractivity contribution in [2.45, 2.75) is 20.3 Å². The van der Waals surface area contributed by atoms with E-state index in [-0.39, 0.29) is 11.8 Å². The summed E-state index contributed by atoms with van der Waals surface area (Å²) in [6, 6.07) is 5.06. The predicted octanol–water partition coefficient (Wildman–Crippen LogP) is 1.71. The standard InChI is InChI=1S/C14H20N2O3/c1-9(8-15)6-13(17)16-12-7-11(14(18)19-3)5-4-10(12)2/h4-5,7,9H,6,8,15H2,1-3H3,(H,16,17). The summed E-state index contributed by atoms with van der Waals surface area (Å²) >= 11 is 0. The highest BCUT2D eigenvalue weighted by Gasteiger charge is 2.12. The number of methoxy groups -OCH3 is 1. The van der Waals surface area contributed by atoms with Gasteiger partial charge in [0.1, 0.15) is 0 Å². The number of esters is 1. The van der Waals surface area contributed by atoms with Gasteiger partial charge >= 0.3 is 5.97 Å². The third-order valence-corrected chi connectivity index (χ3v) is 2.87. The van der Waals surface area contributed by atoms with Gasteiger partial charge in [-0.25, -0.2) is 4.79 Å². The van der Waals surface area contributed by atoms with Gasteiger partial charge in [0.2, 0.25) is 5.91 Å². The minimum absolute atomic E-state index is 0.108. The molecule has 3 N–H and O–H groups in total. The van der Waals surface area contributed by atoms with Crippen molar-refractivity contribution in [3.63, 3.8) is 0 Å². The summed E-state index contributed by atoms with van der Waals surface area (Å²) < 4.78 is 4.65. The highest BCUT2D eigenvalue weighted by Crippen LogP contribution is 2.18. The number of rotatable bonds is 5. The van der Waals surface area contributed by atoms with Crippen LogP contribution >= 0.6 is 0 Å². The van der Waals surface area contributed by atoms with Crippen LogP contribution in [0.3, 0.4) is 0 Å². The van der Waals surface area contributed by atoms with Crippen LogP contribution in [-0.4, -0.2) is 25.5 Å². The molecule has 0 aliphatic carbocycles. The van der Waals surface area contributed by atoms with Crippen molar-refractivity contribution in [3.8, 4) is 0 Å². The Balaban J connectivity index is 2.82. The van der Waals surface area contributed by atoms with E-state index in [9.17, 15) is 9.59 Å². The Hall–Kier alpha value is -1.88. The second-order valence-corrected chi connectivity index (χ2v) is 4.61. The number of carbonyl (C=O) groups is 2. The number of carbonyl (C=O) groups excluding carboxylic acids is 2. The predicted molar refractivity (Wildman–Crippen MR) is 74.0 cm³/mol. The number of hydrogen-bond donors (Lipinski definition) is 2. The Bertz CT molecular complexity index is 472. The molecular formula is C14H20N2O3. The van der Waals surface area contributed by atoms with Crippen molar-refractivity contribution in [2.75, 3.05) is 19.0 Å². The molecule has 1 atom stereocenters. The van der Waals surface area contributed by atoms with Crippen LogP contribution in [0.15, 0.2) is 18.2 Å². The van der Waals surface area contributed by atoms with E-state index < -0.39 is 5.97 Å². The fourth-order valence-corrected chi connectivity index (χ4v) is 1.60. The first-order chi connectivity index (χ1) is 8.97. The summed E-state index contributed by atoms with van der Waals surface area (Å²) in [4.78, 5) is 23.2. The number of amides is 1. The Labute approximate surface area is 113 Å². The molecule has 0 aliphatic rings. The van der Waals surface area contributed by atoms with Gasteiger partial charge in [-0.05, 0) is 37.1 Å². The zero-order valence-electron chi connectivity index (χ0n) is 11.5. The molecule has 0 spiro atoms. The molecule has 104 valence electrons. The second-order valence-electron chi connectivity index (χ2n) is 4.61. The van der Waals surface area contributed by atoms with Crippen molar-refractivity contribution in [1.82, 2.24) is 0 Å². The molecule has 0 heterocycles. The fraction of sp³-hybridized carbons (Fsp3) is 0.429. The van der Waals surface area contributed by atoms with Gasteiger partial charge in [-0.3, -0.25) is 4.79 Å². The first-order valence-corrected chi connectivity index (χ1v) is 6.16. The van der Waals surface area contributed by atoms with E-state index in [2.05, 4.69) is 10.1 Å². The molecule has 5 heteroatoms. The molecule has 0 saturated heterocycles. The van der Waals surface area contributed by atoms with E-state index in [4.69, 9.17) is 5.73 Å². The smallest absolute Gasteiger partial charge is 0.337 e. The largest absolute Gasteiger partial charge is 0.465 e. The van der Waals surface area contributed by atoms with Crippen molar-refractivity contribution in [3.05, 3.63) is 29.3 Å². The maximum absolute atomic E-state index is 11.8. The maximum Gasteiger partial charge on any atom is 0.337 e. The normalized spacial score (nSPS) is 11.8. The summed E-state index contributed by atoms with van der Waals surface area (Å²) in [5.41, 5.74) is 7.41. The van der Waals surface area contributed by atoms with Crippen LogP contribution in [0, 0.1) is 12.8 Å². The Kier molecular flexibility index (Phi) is 5.51. The van der Waals surface area contributed by atoms with E-state index in [1.54, 1.807) is 18.2 Å². The zero-order valence-corrected chi connectivity index (χ0v) is 11.5. The molecule has 0 fully saturated rings. The second kappa shape index (κ2) is 6.89. The van der Waals surface area contributed by atoms with E-state index in [0.29, 0.717) is 24.2 Å². The fourth-order valence-electron chi connectivity index (χ4n) is 1.60. The van der Waals surface area contributed by atoms with Crippen LogP contribution in [0.4, 0.5) is 5.69 Å². The summed E-state index contributed by atoms with van der Waals surface area (Å²) in [5, 5.41) is 2.79. The summed E-state index contributed by atoms with van der Waals surface area (Å²) in [6.45, 7) is 4.24. The number of nitrogens with two attached hydrogens (primary N) is 1. The average Bonchev–Trinajstić information content (AvgIpc) is 2.40. The van der Waals surface area contributed by atoms with Crippen LogP contribution in [0.5, 0.6) is 0 Å². The molecule has 1 aromatic carbocycles. The highest BCUT2D eigenvalue weighted by molar-refractivity contribution is 5.95. The van der Waals surface area contributed by atoms with Gasteiger partial charge in [0.25, 0.3) is 0 Å². The Morgan fingerprint density at radius 1 is 1.42 bits per heavy atom. The topological polar surface area (TPSA) is 81.4 Å². The maximum atomic E-state index is 11.8. The molecule has 0 aliphatic heterocycles. The van der Waals surface area contributed by atoms with Gasteiger partial charge in [-0.2, -0.15) is 0 Å². The van der Waals surface area contributed by atoms with Gasteiger partial charge < -0.3 is 15.8 Å². The lowest BCUT2D eigenvalue weighted by molar-refractivity contribution is -0.116. The van der Waals surface area contributed by atoms with Gasteiger partial charge in [0.05, 0.1) is 12.7 Å². The SMILES string of the molecule is COC(=O)c1ccc(C)c(NC(=O)CC(C)CN)c1. The number of aryl methyl sites for hydroxylation is 1. The van der Waals surface area contributed by atoms with Crippen molar-refractivity contribution in [1.29, 1.82) is 0 Å². The monoisotopic (exact) mass is 264 g/mol. The van der Waals surface area contributed by atoms with Gasteiger partial charge in [-0.1, -0.05) is 13.0 Å². The molecule has 5 nitrogen and oxygen atoms in total. The third kappa shape index (κ3) is 4.37. The summed E-state index contributed by atoms with van der Waals surface area (Å²) in [7, 11) is 1.32. The molecule has 19 heavy (non-hydrogen) atoms. The van der Waals surface area contributed by atoms with Gasteiger partial charge in [0.15, 0.2) is 0 Å². The quantitative estimate of drug-likeness (QED) is 0.793. The number of ether oxygens (including phenoxy) is 1. The van der Waals surface area contributed by atoms with E-state index >= 15 is 0 Å². The van der Waals surface area contributed by atoms with Crippen molar-refractivity contribution in [2.24, 2.45) is 11.7 Å². The lowest BCUT2D eigenvalue weighted by atomic mass is 10.1.